The number of alkyl halides is 1. The Labute approximate surface area is 247 Å². The molecule has 4 heterocycles. The van der Waals surface area contributed by atoms with E-state index in [-0.39, 0.29) is 55.9 Å². The number of fused-ring (bicyclic) bond motifs is 2. The number of nitriles is 1. The molecule has 2 fully saturated rings. The molecule has 2 aliphatic heterocycles. The molecule has 10 nitrogen and oxygen atoms in total. The number of ether oxygens (including phenoxy) is 1. The molecule has 12 heteroatoms. The highest BCUT2D eigenvalue weighted by Crippen LogP contribution is 2.36. The first-order valence-electron chi connectivity index (χ1n) is 14.2. The minimum Gasteiger partial charge on any atom is -0.465 e. The van der Waals surface area contributed by atoms with Crippen LogP contribution >= 0.6 is 0 Å². The fraction of sp³-hybridized carbons (Fsp3) is 0.387. The number of halogens is 2. The van der Waals surface area contributed by atoms with Crippen molar-refractivity contribution in [1.29, 1.82) is 5.26 Å². The summed E-state index contributed by atoms with van der Waals surface area (Å²) >= 11 is 0. The molecular formula is C31H31F2N7O3. The molecule has 1 amide bonds. The average molecular weight is 588 g/mol. The van der Waals surface area contributed by atoms with Crippen molar-refractivity contribution in [3.05, 3.63) is 54.0 Å². The highest BCUT2D eigenvalue weighted by atomic mass is 19.1. The number of anilines is 1. The molecule has 0 spiro atoms. The van der Waals surface area contributed by atoms with Gasteiger partial charge in [-0.2, -0.15) is 15.2 Å². The quantitative estimate of drug-likeness (QED) is 0.339. The molecule has 2 aromatic carbocycles. The Kier molecular flexibility index (Phi) is 7.66. The summed E-state index contributed by atoms with van der Waals surface area (Å²) in [5.74, 6) is -0.301. The summed E-state index contributed by atoms with van der Waals surface area (Å²) < 4.78 is 36.5. The first kappa shape index (κ1) is 28.5. The van der Waals surface area contributed by atoms with E-state index in [1.54, 1.807) is 0 Å². The van der Waals surface area contributed by atoms with Gasteiger partial charge in [-0.15, -0.1) is 0 Å². The monoisotopic (exact) mass is 587 g/mol. The molecule has 43 heavy (non-hydrogen) atoms. The number of pyridine rings is 1. The molecule has 2 aliphatic rings. The van der Waals surface area contributed by atoms with Crippen molar-refractivity contribution >= 4 is 33.6 Å². The third-order valence-electron chi connectivity index (χ3n) is 8.41. The molecule has 1 unspecified atom stereocenters. The standard InChI is InChI=1S/C31H31F2N7O3/c1-18-5-3-6-19-7-4-8-23(25(18)19)27-26(33)28-24(14-35-27)29(39-11-12-40(31(41)42)21(16-39)9-10-34)37-30(36-28)43-17-22-13-20(32)15-38(22)2/h3-8,14,20-22H,9,11-13,15-17H2,1-2H3,(H,41,42)/t20-,21+,22?/m1/s1. The fourth-order valence-electron chi connectivity index (χ4n) is 6.20. The van der Waals surface area contributed by atoms with Crippen LogP contribution in [0.4, 0.5) is 19.4 Å². The number of rotatable bonds is 6. The number of benzene rings is 2. The summed E-state index contributed by atoms with van der Waals surface area (Å²) in [7, 11) is 1.82. The van der Waals surface area contributed by atoms with Crippen molar-refractivity contribution < 1.29 is 23.4 Å². The Balaban J connectivity index is 1.46. The number of aryl methyl sites for hydroxylation is 1. The summed E-state index contributed by atoms with van der Waals surface area (Å²) in [6, 6.07) is 12.7. The Bertz CT molecular complexity index is 1740. The first-order valence-corrected chi connectivity index (χ1v) is 14.2. The van der Waals surface area contributed by atoms with Crippen LogP contribution in [-0.2, 0) is 0 Å². The third kappa shape index (κ3) is 5.36. The molecule has 2 saturated heterocycles. The number of likely N-dealkylation sites (N-methyl/N-ethyl adjacent to an activating group) is 1. The molecule has 0 aliphatic carbocycles. The molecule has 0 saturated carbocycles. The number of hydrogen-bond donors (Lipinski definition) is 1. The van der Waals surface area contributed by atoms with Gasteiger partial charge in [0, 0.05) is 44.0 Å². The van der Waals surface area contributed by atoms with Crippen molar-refractivity contribution in [3.8, 4) is 23.3 Å². The predicted octanol–water partition coefficient (Wildman–Crippen LogP) is 4.80. The molecule has 0 bridgehead atoms. The van der Waals surface area contributed by atoms with Crippen LogP contribution in [0.3, 0.4) is 0 Å². The Morgan fingerprint density at radius 3 is 2.67 bits per heavy atom. The van der Waals surface area contributed by atoms with Gasteiger partial charge in [0.1, 0.15) is 29.8 Å². The van der Waals surface area contributed by atoms with E-state index in [0.29, 0.717) is 29.7 Å². The van der Waals surface area contributed by atoms with Crippen molar-refractivity contribution in [3.63, 3.8) is 0 Å². The lowest BCUT2D eigenvalue weighted by atomic mass is 9.97. The lowest BCUT2D eigenvalue weighted by Crippen LogP contribution is -2.55. The van der Waals surface area contributed by atoms with Crippen LogP contribution in [0.2, 0.25) is 0 Å². The second-order valence-electron chi connectivity index (χ2n) is 11.2. The zero-order chi connectivity index (χ0) is 30.2. The minimum atomic E-state index is -1.11. The molecule has 222 valence electrons. The van der Waals surface area contributed by atoms with E-state index in [9.17, 15) is 19.6 Å². The van der Waals surface area contributed by atoms with E-state index >= 15 is 4.39 Å². The molecule has 2 aromatic heterocycles. The van der Waals surface area contributed by atoms with Crippen LogP contribution in [0.15, 0.2) is 42.6 Å². The molecule has 0 radical (unpaired) electrons. The summed E-state index contributed by atoms with van der Waals surface area (Å²) in [4.78, 5) is 30.4. The van der Waals surface area contributed by atoms with Crippen LogP contribution in [-0.4, -0.2) is 94.0 Å². The second-order valence-corrected chi connectivity index (χ2v) is 11.2. The van der Waals surface area contributed by atoms with Gasteiger partial charge in [0.15, 0.2) is 5.82 Å². The predicted molar refractivity (Wildman–Crippen MR) is 157 cm³/mol. The number of hydrogen-bond acceptors (Lipinski definition) is 8. The van der Waals surface area contributed by atoms with Crippen molar-refractivity contribution in [2.45, 2.75) is 38.0 Å². The van der Waals surface area contributed by atoms with Gasteiger partial charge < -0.3 is 19.6 Å². The molecule has 4 aromatic rings. The molecule has 3 atom stereocenters. The summed E-state index contributed by atoms with van der Waals surface area (Å²) in [6.07, 6.45) is -0.224. The van der Waals surface area contributed by atoms with Crippen LogP contribution < -0.4 is 9.64 Å². The normalized spacial score (nSPS) is 21.0. The van der Waals surface area contributed by atoms with Gasteiger partial charge in [0.2, 0.25) is 0 Å². The van der Waals surface area contributed by atoms with E-state index in [1.165, 1.54) is 11.1 Å². The van der Waals surface area contributed by atoms with E-state index in [1.807, 2.05) is 60.2 Å². The average Bonchev–Trinajstić information content (AvgIpc) is 3.32. The Morgan fingerprint density at radius 1 is 1.16 bits per heavy atom. The Morgan fingerprint density at radius 2 is 1.95 bits per heavy atom. The highest BCUT2D eigenvalue weighted by molar-refractivity contribution is 6.00. The van der Waals surface area contributed by atoms with E-state index < -0.39 is 24.1 Å². The smallest absolute Gasteiger partial charge is 0.407 e. The lowest BCUT2D eigenvalue weighted by Gasteiger charge is -2.39. The number of amides is 1. The fourth-order valence-corrected chi connectivity index (χ4v) is 6.20. The number of carbonyl (C=O) groups is 1. The molecular weight excluding hydrogens is 556 g/mol. The minimum absolute atomic E-state index is 0.00915. The SMILES string of the molecule is Cc1cccc2cccc(-c3ncc4c(N5CCN(C(=O)O)[C@@H](CC#N)C5)nc(OCC5C[C@@H](F)CN5C)nc4c3F)c12. The maximum absolute atomic E-state index is 16.5. The summed E-state index contributed by atoms with van der Waals surface area (Å²) in [6.45, 7) is 2.96. The Hall–Kier alpha value is -4.63. The van der Waals surface area contributed by atoms with Gasteiger partial charge in [-0.3, -0.25) is 9.88 Å². The van der Waals surface area contributed by atoms with Crippen molar-refractivity contribution in [2.75, 3.05) is 44.7 Å². The van der Waals surface area contributed by atoms with Crippen LogP contribution in [0, 0.1) is 24.1 Å². The van der Waals surface area contributed by atoms with Crippen LogP contribution in [0.25, 0.3) is 32.9 Å². The van der Waals surface area contributed by atoms with Gasteiger partial charge in [-0.25, -0.2) is 13.6 Å². The van der Waals surface area contributed by atoms with Gasteiger partial charge in [0.25, 0.3) is 0 Å². The van der Waals surface area contributed by atoms with E-state index in [0.717, 1.165) is 16.3 Å². The maximum Gasteiger partial charge on any atom is 0.407 e. The van der Waals surface area contributed by atoms with Gasteiger partial charge in [-0.05, 0) is 36.7 Å². The number of carboxylic acid groups (broad SMARTS) is 1. The van der Waals surface area contributed by atoms with Gasteiger partial charge in [-0.1, -0.05) is 36.4 Å². The third-order valence-corrected chi connectivity index (χ3v) is 8.41. The van der Waals surface area contributed by atoms with E-state index in [4.69, 9.17) is 4.74 Å². The summed E-state index contributed by atoms with van der Waals surface area (Å²) in [5, 5.41) is 21.2. The number of likely N-dealkylation sites (tertiary alicyclic amines) is 1. The number of nitrogens with zero attached hydrogens (tertiary/aromatic N) is 7. The van der Waals surface area contributed by atoms with Crippen LogP contribution in [0.5, 0.6) is 6.01 Å². The van der Waals surface area contributed by atoms with Gasteiger partial charge in [0.05, 0.1) is 23.9 Å². The second kappa shape index (κ2) is 11.6. The van der Waals surface area contributed by atoms with E-state index in [2.05, 4.69) is 21.0 Å². The zero-order valence-corrected chi connectivity index (χ0v) is 23.9. The molecule has 6 rings (SSSR count). The largest absolute Gasteiger partial charge is 0.465 e. The summed E-state index contributed by atoms with van der Waals surface area (Å²) in [5.41, 5.74) is 1.75. The van der Waals surface area contributed by atoms with Crippen molar-refractivity contribution in [2.24, 2.45) is 0 Å². The first-order chi connectivity index (χ1) is 20.7. The van der Waals surface area contributed by atoms with Gasteiger partial charge >= 0.3 is 12.1 Å². The number of piperazine rings is 1. The zero-order valence-electron chi connectivity index (χ0n) is 23.9. The maximum atomic E-state index is 16.5. The topological polar surface area (TPSA) is 119 Å². The highest BCUT2D eigenvalue weighted by Gasteiger charge is 2.33. The number of aromatic nitrogens is 3. The lowest BCUT2D eigenvalue weighted by molar-refractivity contribution is 0.119. The van der Waals surface area contributed by atoms with Crippen molar-refractivity contribution in [1.82, 2.24) is 24.8 Å². The van der Waals surface area contributed by atoms with Crippen LogP contribution in [0.1, 0.15) is 18.4 Å². The molecule has 1 N–H and O–H groups in total.